The number of fused-ring (bicyclic) bond motifs is 1. The number of aromatic amines is 1. The molecule has 0 aliphatic rings. The van der Waals surface area contributed by atoms with Crippen LogP contribution in [0.15, 0.2) is 41.1 Å². The maximum Gasteiger partial charge on any atom is 0.182 e. The second-order valence-corrected chi connectivity index (χ2v) is 5.35. The van der Waals surface area contributed by atoms with E-state index in [1.54, 1.807) is 12.4 Å². The summed E-state index contributed by atoms with van der Waals surface area (Å²) in [7, 11) is 0. The smallest absolute Gasteiger partial charge is 0.182 e. The van der Waals surface area contributed by atoms with Gasteiger partial charge in [0.2, 0.25) is 0 Å². The molecule has 0 radical (unpaired) electrons. The average molecular weight is 320 g/mol. The van der Waals surface area contributed by atoms with Crippen LogP contribution in [0.3, 0.4) is 0 Å². The first-order chi connectivity index (χ1) is 8.66. The summed E-state index contributed by atoms with van der Waals surface area (Å²) in [5.74, 6) is 0. The van der Waals surface area contributed by atoms with E-state index in [0.717, 1.165) is 21.2 Å². The van der Waals surface area contributed by atoms with E-state index in [2.05, 4.69) is 51.0 Å². The highest BCUT2D eigenvalue weighted by atomic mass is 79.9. The van der Waals surface area contributed by atoms with Gasteiger partial charge in [-0.15, -0.1) is 0 Å². The highest BCUT2D eigenvalue weighted by molar-refractivity contribution is 9.10. The van der Waals surface area contributed by atoms with Gasteiger partial charge in [0, 0.05) is 10.7 Å². The molecule has 0 saturated carbocycles. The minimum Gasteiger partial charge on any atom is -0.329 e. The largest absolute Gasteiger partial charge is 0.329 e. The number of hydrogen-bond donors (Lipinski definition) is 1. The van der Waals surface area contributed by atoms with Crippen molar-refractivity contribution >= 4 is 39.2 Å². The number of hydrogen-bond acceptors (Lipinski definition) is 2. The van der Waals surface area contributed by atoms with Gasteiger partial charge in [-0.2, -0.15) is 0 Å². The van der Waals surface area contributed by atoms with Crippen LogP contribution in [-0.4, -0.2) is 14.5 Å². The van der Waals surface area contributed by atoms with Crippen molar-refractivity contribution in [3.8, 4) is 5.69 Å². The van der Waals surface area contributed by atoms with Crippen LogP contribution in [0.5, 0.6) is 0 Å². The summed E-state index contributed by atoms with van der Waals surface area (Å²) in [6.07, 6.45) is 3.55. The third kappa shape index (κ3) is 1.79. The minimum atomic E-state index is 0.669. The Morgan fingerprint density at radius 3 is 2.94 bits per heavy atom. The first-order valence-electron chi connectivity index (χ1n) is 5.48. The molecule has 2 heterocycles. The fourth-order valence-corrected chi connectivity index (χ4v) is 2.97. The van der Waals surface area contributed by atoms with Crippen LogP contribution in [0.1, 0.15) is 5.56 Å². The number of nitrogens with one attached hydrogen (secondary N) is 1. The number of nitrogens with zero attached hydrogens (tertiary/aromatic N) is 2. The lowest BCUT2D eigenvalue weighted by Crippen LogP contribution is -1.95. The van der Waals surface area contributed by atoms with Crippen molar-refractivity contribution in [3.05, 3.63) is 51.5 Å². The molecule has 0 aliphatic carbocycles. The summed E-state index contributed by atoms with van der Waals surface area (Å²) in [5.41, 5.74) is 4.20. The van der Waals surface area contributed by atoms with Gasteiger partial charge in [-0.3, -0.25) is 9.55 Å². The Kier molecular flexibility index (Phi) is 2.80. The van der Waals surface area contributed by atoms with Gasteiger partial charge in [-0.25, -0.2) is 0 Å². The number of imidazole rings is 1. The topological polar surface area (TPSA) is 33.6 Å². The number of benzene rings is 1. The van der Waals surface area contributed by atoms with Crippen molar-refractivity contribution in [3.63, 3.8) is 0 Å². The van der Waals surface area contributed by atoms with Crippen molar-refractivity contribution in [2.45, 2.75) is 6.92 Å². The molecular formula is C13H10BrN3S. The first kappa shape index (κ1) is 11.6. The third-order valence-corrected chi connectivity index (χ3v) is 3.75. The van der Waals surface area contributed by atoms with Crippen molar-refractivity contribution in [2.75, 3.05) is 0 Å². The van der Waals surface area contributed by atoms with Gasteiger partial charge in [0.15, 0.2) is 4.77 Å². The van der Waals surface area contributed by atoms with Gasteiger partial charge < -0.3 is 4.98 Å². The average Bonchev–Trinajstić information content (AvgIpc) is 2.66. The molecule has 3 nitrogen and oxygen atoms in total. The standard InChI is InChI=1S/C13H10BrN3S/c1-8-2-3-11(9(14)6-8)17-12-4-5-15-7-10(12)16-13(17)18/h2-7H,1H3,(H,16,18). The molecule has 5 heteroatoms. The summed E-state index contributed by atoms with van der Waals surface area (Å²) >= 11 is 8.98. The zero-order valence-corrected chi connectivity index (χ0v) is 12.0. The number of aromatic nitrogens is 3. The van der Waals surface area contributed by atoms with Gasteiger partial charge in [0.25, 0.3) is 0 Å². The van der Waals surface area contributed by atoms with Gasteiger partial charge in [0.1, 0.15) is 0 Å². The normalized spacial score (nSPS) is 11.0. The van der Waals surface area contributed by atoms with E-state index < -0.39 is 0 Å². The first-order valence-corrected chi connectivity index (χ1v) is 6.68. The molecule has 0 saturated heterocycles. The van der Waals surface area contributed by atoms with Crippen LogP contribution in [0, 0.1) is 11.7 Å². The van der Waals surface area contributed by atoms with Gasteiger partial charge in [0.05, 0.1) is 22.9 Å². The lowest BCUT2D eigenvalue weighted by molar-refractivity contribution is 1.05. The fraction of sp³-hybridized carbons (Fsp3) is 0.0769. The number of aryl methyl sites for hydroxylation is 1. The molecule has 3 rings (SSSR count). The van der Waals surface area contributed by atoms with E-state index in [1.165, 1.54) is 5.56 Å². The van der Waals surface area contributed by atoms with Crippen LogP contribution in [0.4, 0.5) is 0 Å². The van der Waals surface area contributed by atoms with E-state index in [-0.39, 0.29) is 0 Å². The molecule has 1 aromatic carbocycles. The second-order valence-electron chi connectivity index (χ2n) is 4.11. The number of rotatable bonds is 1. The summed E-state index contributed by atoms with van der Waals surface area (Å²) in [6.45, 7) is 2.06. The van der Waals surface area contributed by atoms with Crippen molar-refractivity contribution in [2.24, 2.45) is 0 Å². The van der Waals surface area contributed by atoms with Crippen LogP contribution >= 0.6 is 28.1 Å². The Labute approximate surface area is 118 Å². The van der Waals surface area contributed by atoms with E-state index in [9.17, 15) is 0 Å². The molecule has 2 aromatic heterocycles. The zero-order valence-electron chi connectivity index (χ0n) is 9.64. The maximum atomic E-state index is 5.39. The van der Waals surface area contributed by atoms with E-state index in [0.29, 0.717) is 4.77 Å². The molecule has 0 aliphatic heterocycles. The summed E-state index contributed by atoms with van der Waals surface area (Å²) < 4.78 is 3.70. The lowest BCUT2D eigenvalue weighted by atomic mass is 10.2. The van der Waals surface area contributed by atoms with Crippen LogP contribution in [-0.2, 0) is 0 Å². The number of H-pyrrole nitrogens is 1. The molecule has 90 valence electrons. The van der Waals surface area contributed by atoms with E-state index in [1.807, 2.05) is 10.6 Å². The van der Waals surface area contributed by atoms with Crippen molar-refractivity contribution in [1.82, 2.24) is 14.5 Å². The van der Waals surface area contributed by atoms with Crippen LogP contribution in [0.2, 0.25) is 0 Å². The van der Waals surface area contributed by atoms with E-state index in [4.69, 9.17) is 12.2 Å². The van der Waals surface area contributed by atoms with E-state index >= 15 is 0 Å². The monoisotopic (exact) mass is 319 g/mol. The molecule has 3 aromatic rings. The van der Waals surface area contributed by atoms with Gasteiger partial charge >= 0.3 is 0 Å². The Morgan fingerprint density at radius 2 is 2.17 bits per heavy atom. The minimum absolute atomic E-state index is 0.669. The molecule has 18 heavy (non-hydrogen) atoms. The van der Waals surface area contributed by atoms with Crippen LogP contribution < -0.4 is 0 Å². The maximum absolute atomic E-state index is 5.39. The lowest BCUT2D eigenvalue weighted by Gasteiger charge is -2.07. The molecule has 0 spiro atoms. The zero-order chi connectivity index (χ0) is 12.7. The molecular weight excluding hydrogens is 310 g/mol. The van der Waals surface area contributed by atoms with Crippen molar-refractivity contribution < 1.29 is 0 Å². The SMILES string of the molecule is Cc1ccc(-n2c(=S)[nH]c3cnccc32)c(Br)c1. The Morgan fingerprint density at radius 1 is 1.33 bits per heavy atom. The molecule has 0 unspecified atom stereocenters. The summed E-state index contributed by atoms with van der Waals surface area (Å²) in [6, 6.07) is 8.16. The molecule has 0 atom stereocenters. The predicted octanol–water partition coefficient (Wildman–Crippen LogP) is 4.15. The Balaban J connectivity index is 2.38. The highest BCUT2D eigenvalue weighted by Crippen LogP contribution is 2.26. The third-order valence-electron chi connectivity index (χ3n) is 2.83. The summed E-state index contributed by atoms with van der Waals surface area (Å²) in [4.78, 5) is 7.26. The van der Waals surface area contributed by atoms with Gasteiger partial charge in [-0.1, -0.05) is 6.07 Å². The second kappa shape index (κ2) is 4.33. The van der Waals surface area contributed by atoms with Crippen LogP contribution in [0.25, 0.3) is 16.7 Å². The Bertz CT molecular complexity index is 788. The Hall–Kier alpha value is -1.46. The number of pyridine rings is 1. The molecule has 0 amide bonds. The van der Waals surface area contributed by atoms with Crippen molar-refractivity contribution in [1.29, 1.82) is 0 Å². The number of halogens is 1. The quantitative estimate of drug-likeness (QED) is 0.683. The molecule has 0 bridgehead atoms. The fourth-order valence-electron chi connectivity index (χ4n) is 1.99. The van der Waals surface area contributed by atoms with Gasteiger partial charge in [-0.05, 0) is 58.8 Å². The molecule has 0 fully saturated rings. The molecule has 1 N–H and O–H groups in total. The predicted molar refractivity (Wildman–Crippen MR) is 78.7 cm³/mol. The summed E-state index contributed by atoms with van der Waals surface area (Å²) in [5, 5.41) is 0. The highest BCUT2D eigenvalue weighted by Gasteiger charge is 2.09.